The minimum atomic E-state index is -0.164. The molecule has 2 aromatic heterocycles. The number of rotatable bonds is 6. The Bertz CT molecular complexity index is 1030. The molecule has 2 amide bonds. The van der Waals surface area contributed by atoms with Crippen molar-refractivity contribution < 1.29 is 9.53 Å². The zero-order valence-electron chi connectivity index (χ0n) is 16.8. The first kappa shape index (κ1) is 20.1. The molecule has 1 aliphatic heterocycles. The number of nitrogens with zero attached hydrogens (tertiary/aromatic N) is 5. The van der Waals surface area contributed by atoms with Crippen LogP contribution >= 0.6 is 11.8 Å². The van der Waals surface area contributed by atoms with E-state index >= 15 is 0 Å². The fourth-order valence-corrected chi connectivity index (χ4v) is 4.22. The van der Waals surface area contributed by atoms with E-state index in [9.17, 15) is 4.79 Å². The van der Waals surface area contributed by atoms with Crippen LogP contribution in [-0.4, -0.2) is 41.4 Å². The SMILES string of the molecule is CCNC(=O)N(Cc1ccc2c(c1)N(COC)c1nccnc1S2)c1cccnc1. The summed E-state index contributed by atoms with van der Waals surface area (Å²) in [6, 6.07) is 9.68. The van der Waals surface area contributed by atoms with E-state index in [-0.39, 0.29) is 6.03 Å². The predicted molar refractivity (Wildman–Crippen MR) is 116 cm³/mol. The van der Waals surface area contributed by atoms with E-state index < -0.39 is 0 Å². The molecule has 4 rings (SSSR count). The van der Waals surface area contributed by atoms with Crippen LogP contribution in [0.5, 0.6) is 0 Å². The number of aromatic nitrogens is 3. The van der Waals surface area contributed by atoms with Gasteiger partial charge in [-0.2, -0.15) is 0 Å². The highest BCUT2D eigenvalue weighted by Gasteiger charge is 2.26. The second kappa shape index (κ2) is 9.10. The summed E-state index contributed by atoms with van der Waals surface area (Å²) < 4.78 is 5.42. The van der Waals surface area contributed by atoms with Crippen LogP contribution in [0.2, 0.25) is 0 Å². The lowest BCUT2D eigenvalue weighted by Crippen LogP contribution is -2.39. The third-order valence-electron chi connectivity index (χ3n) is 4.55. The molecule has 1 aliphatic rings. The van der Waals surface area contributed by atoms with E-state index in [1.807, 2.05) is 30.0 Å². The molecule has 0 atom stereocenters. The molecule has 0 fully saturated rings. The average molecular weight is 423 g/mol. The number of amides is 2. The number of benzene rings is 1. The molecule has 8 nitrogen and oxygen atoms in total. The summed E-state index contributed by atoms with van der Waals surface area (Å²) in [5.74, 6) is 0.766. The molecule has 0 unspecified atom stereocenters. The van der Waals surface area contributed by atoms with E-state index in [0.717, 1.165) is 32.7 Å². The maximum atomic E-state index is 12.7. The molecule has 1 N–H and O–H groups in total. The standard InChI is InChI=1S/C21H22N6O2S/c1-3-23-21(28)26(16-5-4-8-22-12-16)13-15-6-7-18-17(11-15)27(14-29-2)19-20(30-18)25-10-9-24-19/h4-12H,3,13-14H2,1-2H3,(H,23,28). The third-order valence-corrected chi connectivity index (χ3v) is 5.60. The molecule has 0 spiro atoms. The van der Waals surface area contributed by atoms with Gasteiger partial charge in [-0.15, -0.1) is 0 Å². The second-order valence-corrected chi connectivity index (χ2v) is 7.60. The molecule has 1 aromatic carbocycles. The number of anilines is 3. The number of urea groups is 1. The van der Waals surface area contributed by atoms with Gasteiger partial charge in [0.05, 0.1) is 24.1 Å². The van der Waals surface area contributed by atoms with Gasteiger partial charge in [-0.1, -0.05) is 17.8 Å². The van der Waals surface area contributed by atoms with Crippen LogP contribution < -0.4 is 15.1 Å². The maximum Gasteiger partial charge on any atom is 0.322 e. The molecular weight excluding hydrogens is 400 g/mol. The van der Waals surface area contributed by atoms with Crippen molar-refractivity contribution in [3.63, 3.8) is 0 Å². The fourth-order valence-electron chi connectivity index (χ4n) is 3.23. The van der Waals surface area contributed by atoms with Gasteiger partial charge in [0, 0.05) is 37.1 Å². The summed E-state index contributed by atoms with van der Waals surface area (Å²) >= 11 is 1.58. The summed E-state index contributed by atoms with van der Waals surface area (Å²) in [6.45, 7) is 3.21. The molecule has 30 heavy (non-hydrogen) atoms. The van der Waals surface area contributed by atoms with Crippen LogP contribution in [0.4, 0.5) is 22.0 Å². The maximum absolute atomic E-state index is 12.7. The van der Waals surface area contributed by atoms with E-state index in [2.05, 4.69) is 32.4 Å². The van der Waals surface area contributed by atoms with Crippen molar-refractivity contribution in [2.45, 2.75) is 23.4 Å². The molecule has 3 aromatic rings. The molecule has 0 radical (unpaired) electrons. The van der Waals surface area contributed by atoms with Gasteiger partial charge < -0.3 is 10.1 Å². The number of carbonyl (C=O) groups excluding carboxylic acids is 1. The van der Waals surface area contributed by atoms with Gasteiger partial charge in [0.2, 0.25) is 0 Å². The van der Waals surface area contributed by atoms with Crippen molar-refractivity contribution in [1.82, 2.24) is 20.3 Å². The van der Waals surface area contributed by atoms with Crippen LogP contribution in [0, 0.1) is 0 Å². The van der Waals surface area contributed by atoms with Crippen molar-refractivity contribution in [3.8, 4) is 0 Å². The van der Waals surface area contributed by atoms with Gasteiger partial charge in [-0.3, -0.25) is 14.8 Å². The summed E-state index contributed by atoms with van der Waals surface area (Å²) in [4.78, 5) is 30.5. The fraction of sp³-hybridized carbons (Fsp3) is 0.238. The Labute approximate surface area is 179 Å². The Balaban J connectivity index is 1.68. The minimum Gasteiger partial charge on any atom is -0.364 e. The van der Waals surface area contributed by atoms with Gasteiger partial charge in [0.25, 0.3) is 0 Å². The summed E-state index contributed by atoms with van der Waals surface area (Å²) in [5.41, 5.74) is 2.70. The Morgan fingerprint density at radius 1 is 1.23 bits per heavy atom. The quantitative estimate of drug-likeness (QED) is 0.647. The lowest BCUT2D eigenvalue weighted by atomic mass is 10.1. The Kier molecular flexibility index (Phi) is 6.10. The Morgan fingerprint density at radius 2 is 2.10 bits per heavy atom. The molecule has 0 aliphatic carbocycles. The van der Waals surface area contributed by atoms with Gasteiger partial charge >= 0.3 is 6.03 Å². The minimum absolute atomic E-state index is 0.164. The second-order valence-electron chi connectivity index (χ2n) is 6.57. The summed E-state index contributed by atoms with van der Waals surface area (Å²) in [7, 11) is 1.65. The highest BCUT2D eigenvalue weighted by Crippen LogP contribution is 2.46. The van der Waals surface area contributed by atoms with Crippen molar-refractivity contribution in [3.05, 3.63) is 60.7 Å². The van der Waals surface area contributed by atoms with Gasteiger partial charge in [0.1, 0.15) is 11.8 Å². The number of nitrogens with one attached hydrogen (secondary N) is 1. The number of carbonyl (C=O) groups is 1. The molecule has 9 heteroatoms. The van der Waals surface area contributed by atoms with Crippen LogP contribution in [0.15, 0.2) is 65.0 Å². The van der Waals surface area contributed by atoms with E-state index in [4.69, 9.17) is 4.74 Å². The van der Waals surface area contributed by atoms with Gasteiger partial charge in [-0.05, 0) is 36.8 Å². The first-order valence-corrected chi connectivity index (χ1v) is 10.4. The van der Waals surface area contributed by atoms with Crippen molar-refractivity contribution in [2.24, 2.45) is 0 Å². The average Bonchev–Trinajstić information content (AvgIpc) is 2.78. The monoisotopic (exact) mass is 422 g/mol. The van der Waals surface area contributed by atoms with E-state index in [0.29, 0.717) is 19.8 Å². The summed E-state index contributed by atoms with van der Waals surface area (Å²) in [5, 5.41) is 3.72. The van der Waals surface area contributed by atoms with E-state index in [1.165, 1.54) is 0 Å². The zero-order chi connectivity index (χ0) is 20.9. The molecule has 0 bridgehead atoms. The van der Waals surface area contributed by atoms with Crippen LogP contribution in [0.1, 0.15) is 12.5 Å². The van der Waals surface area contributed by atoms with Gasteiger partial charge in [-0.25, -0.2) is 14.8 Å². The van der Waals surface area contributed by atoms with Crippen molar-refractivity contribution >= 4 is 35.0 Å². The summed E-state index contributed by atoms with van der Waals surface area (Å²) in [6.07, 6.45) is 6.74. The number of hydrogen-bond donors (Lipinski definition) is 1. The number of pyridine rings is 1. The van der Waals surface area contributed by atoms with Crippen LogP contribution in [0.25, 0.3) is 0 Å². The molecule has 3 heterocycles. The first-order chi connectivity index (χ1) is 14.7. The molecule has 0 saturated heterocycles. The number of hydrogen-bond acceptors (Lipinski definition) is 7. The van der Waals surface area contributed by atoms with Gasteiger partial charge in [0.15, 0.2) is 5.82 Å². The molecular formula is C21H22N6O2S. The Hall–Kier alpha value is -3.17. The highest BCUT2D eigenvalue weighted by atomic mass is 32.2. The van der Waals surface area contributed by atoms with E-state index in [1.54, 1.807) is 48.6 Å². The normalized spacial score (nSPS) is 12.1. The number of ether oxygens (including phenoxy) is 1. The number of methoxy groups -OCH3 is 1. The van der Waals surface area contributed by atoms with Crippen molar-refractivity contribution in [1.29, 1.82) is 0 Å². The smallest absolute Gasteiger partial charge is 0.322 e. The number of fused-ring (bicyclic) bond motifs is 2. The zero-order valence-corrected chi connectivity index (χ0v) is 17.6. The molecule has 154 valence electrons. The predicted octanol–water partition coefficient (Wildman–Crippen LogP) is 3.81. The Morgan fingerprint density at radius 3 is 2.87 bits per heavy atom. The van der Waals surface area contributed by atoms with Crippen LogP contribution in [-0.2, 0) is 11.3 Å². The van der Waals surface area contributed by atoms with Crippen molar-refractivity contribution in [2.75, 3.05) is 30.2 Å². The lowest BCUT2D eigenvalue weighted by molar-refractivity contribution is 0.204. The largest absolute Gasteiger partial charge is 0.364 e. The topological polar surface area (TPSA) is 83.5 Å². The first-order valence-electron chi connectivity index (χ1n) is 9.55. The van der Waals surface area contributed by atoms with Crippen LogP contribution in [0.3, 0.4) is 0 Å². The molecule has 0 saturated carbocycles. The lowest BCUT2D eigenvalue weighted by Gasteiger charge is -2.31. The third kappa shape index (κ3) is 4.07. The highest BCUT2D eigenvalue weighted by molar-refractivity contribution is 7.99.